The van der Waals surface area contributed by atoms with Crippen LogP contribution in [0.5, 0.6) is 0 Å². The molecule has 3 nitrogen and oxygen atoms in total. The molecule has 21 heavy (non-hydrogen) atoms. The average Bonchev–Trinajstić information content (AvgIpc) is 2.40. The van der Waals surface area contributed by atoms with E-state index in [4.69, 9.17) is 4.74 Å². The van der Waals surface area contributed by atoms with Gasteiger partial charge in [-0.1, -0.05) is 13.8 Å². The largest absolute Gasteiger partial charge is 0.462 e. The highest BCUT2D eigenvalue weighted by atomic mass is 79.9. The summed E-state index contributed by atoms with van der Waals surface area (Å²) in [4.78, 5) is 11.7. The van der Waals surface area contributed by atoms with Gasteiger partial charge in [-0.2, -0.15) is 0 Å². The van der Waals surface area contributed by atoms with Crippen LogP contribution in [0.25, 0.3) is 0 Å². The molecule has 1 aliphatic carbocycles. The zero-order valence-electron chi connectivity index (χ0n) is 13.0. The molecule has 0 saturated heterocycles. The molecule has 1 N–H and O–H groups in total. The number of carbonyl (C=O) groups is 1. The highest BCUT2D eigenvalue weighted by Crippen LogP contribution is 2.32. The van der Waals surface area contributed by atoms with Gasteiger partial charge in [-0.05, 0) is 72.2 Å². The lowest BCUT2D eigenvalue weighted by molar-refractivity contribution is 0.0526. The minimum Gasteiger partial charge on any atom is -0.462 e. The highest BCUT2D eigenvalue weighted by molar-refractivity contribution is 9.10. The fraction of sp³-hybridized carbons (Fsp3) is 0.588. The predicted molar refractivity (Wildman–Crippen MR) is 89.7 cm³/mol. The molecule has 0 aliphatic heterocycles. The van der Waals surface area contributed by atoms with Crippen LogP contribution in [0, 0.1) is 11.8 Å². The van der Waals surface area contributed by atoms with Gasteiger partial charge in [0.15, 0.2) is 0 Å². The standard InChI is InChI=1S/C17H24BrNO2/c1-4-21-17(20)13-5-6-16(15(18)10-13)19-14-8-11(2)7-12(3)9-14/h5-6,10-12,14,19H,4,7-9H2,1-3H3. The molecule has 1 aromatic carbocycles. The minimum atomic E-state index is -0.273. The van der Waals surface area contributed by atoms with Crippen LogP contribution in [0.2, 0.25) is 0 Å². The van der Waals surface area contributed by atoms with E-state index in [0.717, 1.165) is 22.0 Å². The number of hydrogen-bond donors (Lipinski definition) is 1. The Bertz CT molecular complexity index is 494. The van der Waals surface area contributed by atoms with Gasteiger partial charge in [-0.3, -0.25) is 0 Å². The highest BCUT2D eigenvalue weighted by Gasteiger charge is 2.24. The molecular weight excluding hydrogens is 330 g/mol. The number of benzene rings is 1. The first-order chi connectivity index (χ1) is 9.99. The molecule has 4 heteroatoms. The van der Waals surface area contributed by atoms with Gasteiger partial charge >= 0.3 is 5.97 Å². The van der Waals surface area contributed by atoms with Gasteiger partial charge in [0.05, 0.1) is 12.2 Å². The van der Waals surface area contributed by atoms with Crippen LogP contribution in [0.15, 0.2) is 22.7 Å². The number of anilines is 1. The zero-order chi connectivity index (χ0) is 15.4. The fourth-order valence-electron chi connectivity index (χ4n) is 3.26. The molecule has 116 valence electrons. The number of halogens is 1. The van der Waals surface area contributed by atoms with Gasteiger partial charge in [0.25, 0.3) is 0 Å². The second-order valence-corrected chi connectivity index (χ2v) is 7.03. The van der Waals surface area contributed by atoms with Crippen LogP contribution in [0.4, 0.5) is 5.69 Å². The lowest BCUT2D eigenvalue weighted by Crippen LogP contribution is -2.30. The van der Waals surface area contributed by atoms with E-state index in [1.165, 1.54) is 19.3 Å². The van der Waals surface area contributed by atoms with Crippen LogP contribution >= 0.6 is 15.9 Å². The Morgan fingerprint density at radius 1 is 1.29 bits per heavy atom. The predicted octanol–water partition coefficient (Wildman–Crippen LogP) is 4.86. The normalized spacial score (nSPS) is 25.4. The molecule has 0 radical (unpaired) electrons. The minimum absolute atomic E-state index is 0.273. The molecule has 2 rings (SSSR count). The van der Waals surface area contributed by atoms with E-state index in [0.29, 0.717) is 18.2 Å². The Kier molecular flexibility index (Phi) is 5.68. The van der Waals surface area contributed by atoms with Crippen molar-refractivity contribution >= 4 is 27.6 Å². The topological polar surface area (TPSA) is 38.3 Å². The summed E-state index contributed by atoms with van der Waals surface area (Å²) in [7, 11) is 0. The summed E-state index contributed by atoms with van der Waals surface area (Å²) in [5, 5.41) is 3.61. The van der Waals surface area contributed by atoms with Gasteiger partial charge in [0, 0.05) is 16.2 Å². The van der Waals surface area contributed by atoms with E-state index in [1.54, 1.807) is 0 Å². The lowest BCUT2D eigenvalue weighted by Gasteiger charge is -2.32. The second kappa shape index (κ2) is 7.30. The molecule has 0 spiro atoms. The molecule has 0 heterocycles. The molecule has 1 aromatic rings. The van der Waals surface area contributed by atoms with Gasteiger partial charge in [-0.15, -0.1) is 0 Å². The van der Waals surface area contributed by atoms with E-state index in [1.807, 2.05) is 25.1 Å². The molecule has 2 unspecified atom stereocenters. The first-order valence-electron chi connectivity index (χ1n) is 7.72. The number of esters is 1. The third-order valence-electron chi connectivity index (χ3n) is 4.02. The Balaban J connectivity index is 2.05. The molecule has 0 aromatic heterocycles. The second-order valence-electron chi connectivity index (χ2n) is 6.17. The van der Waals surface area contributed by atoms with E-state index in [9.17, 15) is 4.79 Å². The maximum absolute atomic E-state index is 11.7. The van der Waals surface area contributed by atoms with Crippen LogP contribution in [0.1, 0.15) is 50.4 Å². The van der Waals surface area contributed by atoms with Crippen LogP contribution < -0.4 is 5.32 Å². The average molecular weight is 354 g/mol. The van der Waals surface area contributed by atoms with Crippen molar-refractivity contribution < 1.29 is 9.53 Å². The molecule has 1 fully saturated rings. The van der Waals surface area contributed by atoms with Crippen LogP contribution in [-0.2, 0) is 4.74 Å². The molecule has 2 atom stereocenters. The smallest absolute Gasteiger partial charge is 0.338 e. The van der Waals surface area contributed by atoms with Gasteiger partial charge < -0.3 is 10.1 Å². The van der Waals surface area contributed by atoms with Gasteiger partial charge in [-0.25, -0.2) is 4.79 Å². The molecule has 1 saturated carbocycles. The molecule has 0 bridgehead atoms. The summed E-state index contributed by atoms with van der Waals surface area (Å²) < 4.78 is 5.94. The fourth-order valence-corrected chi connectivity index (χ4v) is 3.75. The van der Waals surface area contributed by atoms with Crippen molar-refractivity contribution in [2.45, 2.75) is 46.1 Å². The molecule has 1 aliphatic rings. The monoisotopic (exact) mass is 353 g/mol. The summed E-state index contributed by atoms with van der Waals surface area (Å²) >= 11 is 3.55. The summed E-state index contributed by atoms with van der Waals surface area (Å²) in [6, 6.07) is 6.12. The SMILES string of the molecule is CCOC(=O)c1ccc(NC2CC(C)CC(C)C2)c(Br)c1. The first kappa shape index (κ1) is 16.3. The third-order valence-corrected chi connectivity index (χ3v) is 4.67. The Morgan fingerprint density at radius 2 is 1.95 bits per heavy atom. The lowest BCUT2D eigenvalue weighted by atomic mass is 9.80. The van der Waals surface area contributed by atoms with Crippen molar-refractivity contribution in [3.05, 3.63) is 28.2 Å². The summed E-state index contributed by atoms with van der Waals surface area (Å²) in [5.41, 5.74) is 1.63. The maximum Gasteiger partial charge on any atom is 0.338 e. The number of nitrogens with one attached hydrogen (secondary N) is 1. The zero-order valence-corrected chi connectivity index (χ0v) is 14.6. The van der Waals surface area contributed by atoms with E-state index in [-0.39, 0.29) is 5.97 Å². The maximum atomic E-state index is 11.7. The number of carbonyl (C=O) groups excluding carboxylic acids is 1. The number of rotatable bonds is 4. The van der Waals surface area contributed by atoms with Crippen LogP contribution in [-0.4, -0.2) is 18.6 Å². The summed E-state index contributed by atoms with van der Waals surface area (Å²) in [6.45, 7) is 6.86. The summed E-state index contributed by atoms with van der Waals surface area (Å²) in [6.07, 6.45) is 3.73. The Hall–Kier alpha value is -1.03. The number of hydrogen-bond acceptors (Lipinski definition) is 3. The van der Waals surface area contributed by atoms with Crippen molar-refractivity contribution in [2.24, 2.45) is 11.8 Å². The van der Waals surface area contributed by atoms with Gasteiger partial charge in [0.1, 0.15) is 0 Å². The van der Waals surface area contributed by atoms with E-state index < -0.39 is 0 Å². The Morgan fingerprint density at radius 3 is 2.52 bits per heavy atom. The van der Waals surface area contributed by atoms with E-state index in [2.05, 4.69) is 35.1 Å². The third kappa shape index (κ3) is 4.47. The Labute approximate surface area is 135 Å². The van der Waals surface area contributed by atoms with Crippen molar-refractivity contribution in [3.8, 4) is 0 Å². The van der Waals surface area contributed by atoms with Crippen molar-refractivity contribution in [3.63, 3.8) is 0 Å². The quantitative estimate of drug-likeness (QED) is 0.785. The number of ether oxygens (including phenoxy) is 1. The molecule has 0 amide bonds. The first-order valence-corrected chi connectivity index (χ1v) is 8.52. The molecular formula is C17H24BrNO2. The van der Waals surface area contributed by atoms with Crippen molar-refractivity contribution in [1.29, 1.82) is 0 Å². The van der Waals surface area contributed by atoms with Crippen molar-refractivity contribution in [1.82, 2.24) is 0 Å². The van der Waals surface area contributed by atoms with Crippen molar-refractivity contribution in [2.75, 3.05) is 11.9 Å². The van der Waals surface area contributed by atoms with Crippen LogP contribution in [0.3, 0.4) is 0 Å². The summed E-state index contributed by atoms with van der Waals surface area (Å²) in [5.74, 6) is 1.26. The van der Waals surface area contributed by atoms with Gasteiger partial charge in [0.2, 0.25) is 0 Å². The van der Waals surface area contributed by atoms with E-state index >= 15 is 0 Å².